The molecule has 0 heterocycles. The summed E-state index contributed by atoms with van der Waals surface area (Å²) in [6, 6.07) is 0. The first-order chi connectivity index (χ1) is 19.1. The largest absolute Gasteiger partial charge is 0.756 e. The highest BCUT2D eigenvalue weighted by molar-refractivity contribution is 7.45. The summed E-state index contributed by atoms with van der Waals surface area (Å²) in [5.74, 6) is -0.0240. The molecule has 0 saturated carbocycles. The van der Waals surface area contributed by atoms with Crippen LogP contribution in [0.5, 0.6) is 0 Å². The molecule has 240 valence electrons. The second kappa shape index (κ2) is 26.2. The number of phosphoric ester groups is 1. The van der Waals surface area contributed by atoms with Gasteiger partial charge in [0.2, 0.25) is 5.91 Å². The molecule has 0 radical (unpaired) electrons. The van der Waals surface area contributed by atoms with Crippen molar-refractivity contribution in [2.45, 2.75) is 142 Å². The van der Waals surface area contributed by atoms with Gasteiger partial charge in [0, 0.05) is 19.6 Å². The van der Waals surface area contributed by atoms with Crippen LogP contribution in [0.1, 0.15) is 136 Å². The molecule has 0 aliphatic carbocycles. The zero-order valence-electron chi connectivity index (χ0n) is 26.9. The first-order valence-electron chi connectivity index (χ1n) is 16.4. The molecule has 0 fully saturated rings. The molecule has 1 N–H and O–H groups in total. The maximum Gasteiger partial charge on any atom is 0.268 e. The van der Waals surface area contributed by atoms with E-state index in [0.717, 1.165) is 25.7 Å². The van der Waals surface area contributed by atoms with Gasteiger partial charge < -0.3 is 28.5 Å². The van der Waals surface area contributed by atoms with Crippen LogP contribution < -0.4 is 10.2 Å². The Bertz CT molecular complexity index is 629. The fourth-order valence-electron chi connectivity index (χ4n) is 4.38. The van der Waals surface area contributed by atoms with Gasteiger partial charge in [-0.05, 0) is 12.8 Å². The number of phosphoric acid groups is 1. The highest BCUT2D eigenvalue weighted by atomic mass is 31.2. The highest BCUT2D eigenvalue weighted by Crippen LogP contribution is 2.38. The van der Waals surface area contributed by atoms with Crippen molar-refractivity contribution in [1.29, 1.82) is 0 Å². The molecule has 2 unspecified atom stereocenters. The fraction of sp³-hybridized carbons (Fsp3) is 0.968. The van der Waals surface area contributed by atoms with Gasteiger partial charge >= 0.3 is 0 Å². The lowest BCUT2D eigenvalue weighted by atomic mass is 10.1. The van der Waals surface area contributed by atoms with Gasteiger partial charge in [0.15, 0.2) is 0 Å². The molecular formula is C31H65N2O6P. The number of nitrogens with zero attached hydrogens (tertiary/aromatic N) is 1. The van der Waals surface area contributed by atoms with Crippen LogP contribution in [0.4, 0.5) is 0 Å². The third kappa shape index (κ3) is 29.0. The normalized spacial score (nSPS) is 14.2. The van der Waals surface area contributed by atoms with Gasteiger partial charge in [-0.2, -0.15) is 0 Å². The Kier molecular flexibility index (Phi) is 25.8. The van der Waals surface area contributed by atoms with E-state index in [9.17, 15) is 14.3 Å². The third-order valence-corrected chi connectivity index (χ3v) is 8.03. The maximum absolute atomic E-state index is 12.4. The van der Waals surface area contributed by atoms with Crippen LogP contribution >= 0.6 is 7.82 Å². The monoisotopic (exact) mass is 592 g/mol. The minimum Gasteiger partial charge on any atom is -0.756 e. The molecule has 9 heteroatoms. The predicted molar refractivity (Wildman–Crippen MR) is 164 cm³/mol. The van der Waals surface area contributed by atoms with Crippen molar-refractivity contribution >= 4 is 13.7 Å². The smallest absolute Gasteiger partial charge is 0.268 e. The molecule has 1 amide bonds. The topological polar surface area (TPSA) is 96.9 Å². The number of ether oxygens (including phenoxy) is 1. The van der Waals surface area contributed by atoms with Crippen molar-refractivity contribution in [3.05, 3.63) is 0 Å². The summed E-state index contributed by atoms with van der Waals surface area (Å²) in [5.41, 5.74) is 0. The van der Waals surface area contributed by atoms with Gasteiger partial charge in [0.05, 0.1) is 33.9 Å². The van der Waals surface area contributed by atoms with Crippen molar-refractivity contribution in [3.8, 4) is 0 Å². The quantitative estimate of drug-likeness (QED) is 0.0541. The lowest BCUT2D eigenvalue weighted by Crippen LogP contribution is -2.38. The number of rotatable bonds is 30. The molecule has 0 aliphatic heterocycles. The number of hydrogen-bond acceptors (Lipinski definition) is 6. The first kappa shape index (κ1) is 39.5. The zero-order valence-corrected chi connectivity index (χ0v) is 27.8. The lowest BCUT2D eigenvalue weighted by molar-refractivity contribution is -0.870. The third-order valence-electron chi connectivity index (χ3n) is 7.07. The van der Waals surface area contributed by atoms with E-state index in [1.54, 1.807) is 0 Å². The van der Waals surface area contributed by atoms with Gasteiger partial charge in [-0.3, -0.25) is 9.36 Å². The molecule has 0 saturated heterocycles. The Labute approximate surface area is 247 Å². The van der Waals surface area contributed by atoms with Gasteiger partial charge in [0.25, 0.3) is 7.82 Å². The number of carbonyl (C=O) groups is 1. The average molecular weight is 593 g/mol. The predicted octanol–water partition coefficient (Wildman–Crippen LogP) is 7.15. The molecule has 2 atom stereocenters. The van der Waals surface area contributed by atoms with Gasteiger partial charge in [-0.1, -0.05) is 117 Å². The maximum atomic E-state index is 12.4. The summed E-state index contributed by atoms with van der Waals surface area (Å²) in [5, 5.41) is 2.91. The molecule has 40 heavy (non-hydrogen) atoms. The number of quaternary nitrogens is 1. The fourth-order valence-corrected chi connectivity index (χ4v) is 5.11. The van der Waals surface area contributed by atoms with Crippen LogP contribution in [0.25, 0.3) is 0 Å². The molecule has 8 nitrogen and oxygen atoms in total. The van der Waals surface area contributed by atoms with Gasteiger partial charge in [0.1, 0.15) is 13.2 Å². The van der Waals surface area contributed by atoms with Crippen molar-refractivity contribution in [3.63, 3.8) is 0 Å². The first-order valence-corrected chi connectivity index (χ1v) is 17.8. The molecule has 0 bridgehead atoms. The van der Waals surface area contributed by atoms with Crippen LogP contribution in [0.15, 0.2) is 0 Å². The van der Waals surface area contributed by atoms with Crippen molar-refractivity contribution < 1.29 is 32.5 Å². The van der Waals surface area contributed by atoms with Crippen LogP contribution in [0.2, 0.25) is 0 Å². The summed E-state index contributed by atoms with van der Waals surface area (Å²) in [4.78, 5) is 24.6. The molecule has 0 aromatic carbocycles. The Morgan fingerprint density at radius 1 is 0.725 bits per heavy atom. The Morgan fingerprint density at radius 3 is 1.70 bits per heavy atom. The summed E-state index contributed by atoms with van der Waals surface area (Å²) in [7, 11) is 1.46. The second-order valence-electron chi connectivity index (χ2n) is 12.3. The molecule has 0 rings (SSSR count). The zero-order chi connectivity index (χ0) is 30.0. The SMILES string of the molecule is CCCCCCCCCCCOC(CNC(=O)CCCCCCCCCCC)COP(=O)([O-])OCC[N+](C)(C)C. The minimum absolute atomic E-state index is 0.0240. The lowest BCUT2D eigenvalue weighted by Gasteiger charge is -2.28. The van der Waals surface area contributed by atoms with E-state index in [-0.39, 0.29) is 25.7 Å². The van der Waals surface area contributed by atoms with Gasteiger partial charge in [-0.25, -0.2) is 0 Å². The molecule has 0 aliphatic rings. The molecule has 0 aromatic heterocycles. The summed E-state index contributed by atoms with van der Waals surface area (Å²) >= 11 is 0. The Balaban J connectivity index is 4.35. The number of hydrogen-bond donors (Lipinski definition) is 1. The van der Waals surface area contributed by atoms with E-state index in [4.69, 9.17) is 13.8 Å². The second-order valence-corrected chi connectivity index (χ2v) is 13.7. The van der Waals surface area contributed by atoms with E-state index in [1.165, 1.54) is 89.9 Å². The van der Waals surface area contributed by atoms with Crippen LogP contribution in [0, 0.1) is 0 Å². The van der Waals surface area contributed by atoms with Crippen LogP contribution in [-0.4, -0.2) is 70.5 Å². The minimum atomic E-state index is -4.44. The highest BCUT2D eigenvalue weighted by Gasteiger charge is 2.18. The van der Waals surface area contributed by atoms with E-state index in [2.05, 4.69) is 19.2 Å². The van der Waals surface area contributed by atoms with Gasteiger partial charge in [-0.15, -0.1) is 0 Å². The molecule has 0 spiro atoms. The van der Waals surface area contributed by atoms with Crippen LogP contribution in [0.3, 0.4) is 0 Å². The standard InChI is InChI=1S/C31H65N2O6P/c1-6-8-10-12-14-16-18-20-22-24-31(34)32-28-30(29-39-40(35,36)38-27-25-33(3,4)5)37-26-23-21-19-17-15-13-11-9-7-2/h30H,6-29H2,1-5H3,(H-,32,34,35,36). The molecule has 0 aromatic rings. The number of nitrogens with one attached hydrogen (secondary N) is 1. The van der Waals surface area contributed by atoms with Crippen LogP contribution in [-0.2, 0) is 23.1 Å². The molecular weight excluding hydrogens is 527 g/mol. The number of likely N-dealkylation sites (N-methyl/N-ethyl adjacent to an activating group) is 1. The number of amides is 1. The van der Waals surface area contributed by atoms with E-state index >= 15 is 0 Å². The number of unbranched alkanes of at least 4 members (excludes halogenated alkanes) is 16. The summed E-state index contributed by atoms with van der Waals surface area (Å²) in [6.07, 6.45) is 21.8. The average Bonchev–Trinajstić information content (AvgIpc) is 2.89. The summed E-state index contributed by atoms with van der Waals surface area (Å²) < 4.78 is 28.9. The van der Waals surface area contributed by atoms with E-state index in [1.807, 2.05) is 21.1 Å². The summed E-state index contributed by atoms with van der Waals surface area (Å²) in [6.45, 7) is 5.65. The van der Waals surface area contributed by atoms with E-state index < -0.39 is 13.9 Å². The Morgan fingerprint density at radius 2 is 1.20 bits per heavy atom. The van der Waals surface area contributed by atoms with Crippen molar-refractivity contribution in [1.82, 2.24) is 5.32 Å². The van der Waals surface area contributed by atoms with Crippen molar-refractivity contribution in [2.75, 3.05) is 54.1 Å². The number of carbonyl (C=O) groups excluding carboxylic acids is 1. The van der Waals surface area contributed by atoms with E-state index in [0.29, 0.717) is 24.1 Å². The van der Waals surface area contributed by atoms with Crippen molar-refractivity contribution in [2.24, 2.45) is 0 Å². The Hall–Kier alpha value is -0.500.